The normalized spacial score (nSPS) is 10.3. The quantitative estimate of drug-likeness (QED) is 0.305. The number of nitrogens with zero attached hydrogens (tertiary/aromatic N) is 1. The van der Waals surface area contributed by atoms with Crippen molar-refractivity contribution in [2.75, 3.05) is 12.3 Å². The number of carboxylic acids is 1. The number of nitro benzene ring substituents is 1. The molecule has 0 unspecified atom stereocenters. The van der Waals surface area contributed by atoms with Crippen LogP contribution in [0, 0.1) is 10.1 Å². The van der Waals surface area contributed by atoms with Crippen molar-refractivity contribution in [3.8, 4) is 5.75 Å². The summed E-state index contributed by atoms with van der Waals surface area (Å²) in [7, 11) is 0. The first-order valence-corrected chi connectivity index (χ1v) is 7.88. The molecule has 8 heteroatoms. The Morgan fingerprint density at radius 3 is 2.58 bits per heavy atom. The summed E-state index contributed by atoms with van der Waals surface area (Å²) in [5.41, 5.74) is 7.19. The van der Waals surface area contributed by atoms with Crippen LogP contribution in [0.3, 0.4) is 0 Å². The molecule has 0 fully saturated rings. The van der Waals surface area contributed by atoms with Gasteiger partial charge in [0.15, 0.2) is 18.1 Å². The van der Waals surface area contributed by atoms with Gasteiger partial charge < -0.3 is 15.6 Å². The molecule has 136 valence electrons. The fourth-order valence-electron chi connectivity index (χ4n) is 2.38. The van der Waals surface area contributed by atoms with Crippen LogP contribution in [0.1, 0.15) is 28.8 Å². The number of carboxylic acid groups (broad SMARTS) is 1. The van der Waals surface area contributed by atoms with Crippen molar-refractivity contribution >= 4 is 23.1 Å². The van der Waals surface area contributed by atoms with E-state index in [1.165, 1.54) is 24.3 Å². The summed E-state index contributed by atoms with van der Waals surface area (Å²) >= 11 is 0. The number of Topliss-reactive ketones (excluding diaryl/α,β-unsaturated/α-hetero) is 1. The first-order valence-electron chi connectivity index (χ1n) is 7.88. The van der Waals surface area contributed by atoms with Gasteiger partial charge in [0.2, 0.25) is 0 Å². The van der Waals surface area contributed by atoms with E-state index in [1.807, 2.05) is 0 Å². The minimum Gasteiger partial charge on any atom is -0.481 e. The largest absolute Gasteiger partial charge is 0.481 e. The Kier molecular flexibility index (Phi) is 6.26. The number of carbonyl (C=O) groups is 2. The predicted molar refractivity (Wildman–Crippen MR) is 94.4 cm³/mol. The number of benzene rings is 2. The van der Waals surface area contributed by atoms with E-state index in [9.17, 15) is 19.7 Å². The number of hydrogen-bond donors (Lipinski definition) is 2. The fourth-order valence-corrected chi connectivity index (χ4v) is 2.38. The Balaban J connectivity index is 2.01. The summed E-state index contributed by atoms with van der Waals surface area (Å²) in [4.78, 5) is 33.1. The van der Waals surface area contributed by atoms with E-state index < -0.39 is 10.9 Å². The van der Waals surface area contributed by atoms with Gasteiger partial charge in [-0.05, 0) is 30.5 Å². The van der Waals surface area contributed by atoms with Crippen LogP contribution in [0.25, 0.3) is 0 Å². The van der Waals surface area contributed by atoms with Gasteiger partial charge in [-0.2, -0.15) is 0 Å². The van der Waals surface area contributed by atoms with Crippen LogP contribution in [0.2, 0.25) is 0 Å². The molecule has 3 N–H and O–H groups in total. The minimum atomic E-state index is -0.873. The Morgan fingerprint density at radius 1 is 1.19 bits per heavy atom. The average molecular weight is 358 g/mol. The van der Waals surface area contributed by atoms with Crippen molar-refractivity contribution in [3.05, 3.63) is 63.7 Å². The highest BCUT2D eigenvalue weighted by Gasteiger charge is 2.16. The molecule has 2 rings (SSSR count). The molecule has 0 aliphatic rings. The van der Waals surface area contributed by atoms with E-state index >= 15 is 0 Å². The third kappa shape index (κ3) is 5.04. The molecule has 0 amide bonds. The van der Waals surface area contributed by atoms with Gasteiger partial charge in [-0.1, -0.05) is 24.3 Å². The second-order valence-corrected chi connectivity index (χ2v) is 5.60. The Hall–Kier alpha value is -3.42. The van der Waals surface area contributed by atoms with E-state index in [0.717, 1.165) is 5.56 Å². The molecule has 0 saturated carbocycles. The smallest absolute Gasteiger partial charge is 0.310 e. The number of nitro groups is 1. The van der Waals surface area contributed by atoms with Crippen molar-refractivity contribution in [3.63, 3.8) is 0 Å². The minimum absolute atomic E-state index is 0.0177. The van der Waals surface area contributed by atoms with Crippen LogP contribution in [-0.2, 0) is 11.2 Å². The molecule has 2 aromatic rings. The van der Waals surface area contributed by atoms with Gasteiger partial charge >= 0.3 is 11.7 Å². The van der Waals surface area contributed by atoms with Crippen molar-refractivity contribution in [1.29, 1.82) is 0 Å². The lowest BCUT2D eigenvalue weighted by Crippen LogP contribution is -2.13. The Bertz CT molecular complexity index is 834. The van der Waals surface area contributed by atoms with Crippen LogP contribution in [-0.4, -0.2) is 28.4 Å². The van der Waals surface area contributed by atoms with Gasteiger partial charge in [-0.15, -0.1) is 0 Å². The molecule has 0 saturated heterocycles. The molecule has 0 aliphatic heterocycles. The van der Waals surface area contributed by atoms with Crippen LogP contribution < -0.4 is 10.5 Å². The van der Waals surface area contributed by atoms with Crippen molar-refractivity contribution in [2.24, 2.45) is 0 Å². The highest BCUT2D eigenvalue weighted by atomic mass is 16.6. The number of ketones is 1. The van der Waals surface area contributed by atoms with Crippen LogP contribution >= 0.6 is 0 Å². The number of ether oxygens (including phenoxy) is 1. The molecule has 0 spiro atoms. The second kappa shape index (κ2) is 8.61. The lowest BCUT2D eigenvalue weighted by Gasteiger charge is -2.09. The molecule has 0 aliphatic carbocycles. The molecule has 0 bridgehead atoms. The van der Waals surface area contributed by atoms with Crippen molar-refractivity contribution in [2.45, 2.75) is 19.3 Å². The monoisotopic (exact) mass is 358 g/mol. The third-order valence-corrected chi connectivity index (χ3v) is 3.73. The van der Waals surface area contributed by atoms with Crippen molar-refractivity contribution < 1.29 is 24.4 Å². The number of nitrogen functional groups attached to an aromatic ring is 1. The van der Waals surface area contributed by atoms with Crippen LogP contribution in [0.5, 0.6) is 5.75 Å². The molecule has 0 aromatic heterocycles. The summed E-state index contributed by atoms with van der Waals surface area (Å²) in [5, 5.41) is 19.6. The molecule has 0 radical (unpaired) electrons. The van der Waals surface area contributed by atoms with E-state index in [0.29, 0.717) is 24.1 Å². The van der Waals surface area contributed by atoms with Gasteiger partial charge in [-0.3, -0.25) is 19.7 Å². The number of carbonyl (C=O) groups excluding carboxylic acids is 1. The predicted octanol–water partition coefficient (Wildman–Crippen LogP) is 2.85. The number of anilines is 1. The van der Waals surface area contributed by atoms with E-state index in [-0.39, 0.29) is 30.2 Å². The van der Waals surface area contributed by atoms with E-state index in [1.54, 1.807) is 18.2 Å². The highest BCUT2D eigenvalue weighted by Crippen LogP contribution is 2.26. The fraction of sp³-hybridized carbons (Fsp3) is 0.222. The number of hydrogen-bond acceptors (Lipinski definition) is 6. The number of nitrogens with two attached hydrogens (primary N) is 1. The second-order valence-electron chi connectivity index (χ2n) is 5.60. The van der Waals surface area contributed by atoms with Crippen molar-refractivity contribution in [1.82, 2.24) is 0 Å². The first kappa shape index (κ1) is 18.9. The van der Waals surface area contributed by atoms with Gasteiger partial charge in [0, 0.05) is 23.7 Å². The van der Waals surface area contributed by atoms with Crippen LogP contribution in [0.15, 0.2) is 42.5 Å². The van der Waals surface area contributed by atoms with Gasteiger partial charge in [-0.25, -0.2) is 0 Å². The number of aryl methyl sites for hydroxylation is 1. The summed E-state index contributed by atoms with van der Waals surface area (Å²) in [6.07, 6.45) is 0.997. The lowest BCUT2D eigenvalue weighted by atomic mass is 10.0. The molecule has 2 aromatic carbocycles. The topological polar surface area (TPSA) is 133 Å². The summed E-state index contributed by atoms with van der Waals surface area (Å²) in [5.74, 6) is -1.22. The van der Waals surface area contributed by atoms with Gasteiger partial charge in [0.05, 0.1) is 4.92 Å². The molecule has 0 atom stereocenters. The van der Waals surface area contributed by atoms with E-state index in [4.69, 9.17) is 15.6 Å². The van der Waals surface area contributed by atoms with E-state index in [2.05, 4.69) is 0 Å². The molecule has 0 heterocycles. The third-order valence-electron chi connectivity index (χ3n) is 3.73. The number of para-hydroxylation sites is 2. The number of aliphatic carboxylic acids is 1. The zero-order chi connectivity index (χ0) is 19.1. The maximum Gasteiger partial charge on any atom is 0.310 e. The standard InChI is InChI=1S/C18H18N2O6/c19-14-10-13(9-8-12(14)4-3-7-18(22)23)16(21)11-26-17-6-2-1-5-15(17)20(24)25/h1-2,5-6,8-10H,3-4,7,11,19H2,(H,22,23). The summed E-state index contributed by atoms with van der Waals surface area (Å²) in [6, 6.07) is 10.6. The molecular weight excluding hydrogens is 340 g/mol. The van der Waals surface area contributed by atoms with Crippen LogP contribution in [0.4, 0.5) is 11.4 Å². The summed E-state index contributed by atoms with van der Waals surface area (Å²) < 4.78 is 5.28. The lowest BCUT2D eigenvalue weighted by molar-refractivity contribution is -0.385. The zero-order valence-electron chi connectivity index (χ0n) is 13.9. The Labute approximate surface area is 149 Å². The first-order chi connectivity index (χ1) is 12.4. The maximum atomic E-state index is 12.2. The Morgan fingerprint density at radius 2 is 1.92 bits per heavy atom. The molecule has 26 heavy (non-hydrogen) atoms. The molecule has 8 nitrogen and oxygen atoms in total. The SMILES string of the molecule is Nc1cc(C(=O)COc2ccccc2[N+](=O)[O-])ccc1CCCC(=O)O. The number of rotatable bonds is 9. The average Bonchev–Trinajstić information content (AvgIpc) is 2.60. The van der Waals surface area contributed by atoms with Gasteiger partial charge in [0.1, 0.15) is 0 Å². The van der Waals surface area contributed by atoms with Gasteiger partial charge in [0.25, 0.3) is 0 Å². The highest BCUT2D eigenvalue weighted by molar-refractivity contribution is 5.98. The maximum absolute atomic E-state index is 12.2. The summed E-state index contributed by atoms with van der Waals surface area (Å²) in [6.45, 7) is -0.358. The zero-order valence-corrected chi connectivity index (χ0v) is 13.9. The molecular formula is C18H18N2O6.